The number of carbonyl (C=O) groups excluding carboxylic acids is 1. The number of anilines is 2. The lowest BCUT2D eigenvalue weighted by Crippen LogP contribution is -2.35. The van der Waals surface area contributed by atoms with Gasteiger partial charge in [-0.25, -0.2) is 9.97 Å². The minimum absolute atomic E-state index is 0.228. The number of nitrogens with zero attached hydrogens (tertiary/aromatic N) is 3. The topological polar surface area (TPSA) is 58.1 Å². The molecular formula is C18H21BrN4O. The van der Waals surface area contributed by atoms with E-state index in [1.807, 2.05) is 25.1 Å². The van der Waals surface area contributed by atoms with Crippen molar-refractivity contribution in [3.8, 4) is 0 Å². The van der Waals surface area contributed by atoms with E-state index in [4.69, 9.17) is 0 Å². The Morgan fingerprint density at radius 1 is 1.38 bits per heavy atom. The van der Waals surface area contributed by atoms with E-state index in [0.717, 1.165) is 35.2 Å². The lowest BCUT2D eigenvalue weighted by atomic mass is 10.0. The van der Waals surface area contributed by atoms with Crippen LogP contribution in [-0.2, 0) is 0 Å². The summed E-state index contributed by atoms with van der Waals surface area (Å²) in [6.45, 7) is 6.12. The van der Waals surface area contributed by atoms with E-state index < -0.39 is 0 Å². The summed E-state index contributed by atoms with van der Waals surface area (Å²) >= 11 is 3.48. The van der Waals surface area contributed by atoms with Crippen LogP contribution in [0.1, 0.15) is 35.8 Å². The fourth-order valence-corrected chi connectivity index (χ4v) is 3.50. The summed E-state index contributed by atoms with van der Waals surface area (Å²) in [4.78, 5) is 23.5. The summed E-state index contributed by atoms with van der Waals surface area (Å²) in [5, 5.41) is 2.90. The number of aromatic nitrogens is 2. The van der Waals surface area contributed by atoms with Crippen molar-refractivity contribution >= 4 is 33.5 Å². The van der Waals surface area contributed by atoms with Crippen LogP contribution in [0.2, 0.25) is 0 Å². The van der Waals surface area contributed by atoms with Crippen molar-refractivity contribution in [1.82, 2.24) is 9.97 Å². The molecule has 6 heteroatoms. The zero-order chi connectivity index (χ0) is 17.1. The van der Waals surface area contributed by atoms with Crippen molar-refractivity contribution in [3.05, 3.63) is 46.2 Å². The molecule has 2 heterocycles. The third-order valence-corrected chi connectivity index (χ3v) is 4.84. The third-order valence-electron chi connectivity index (χ3n) is 4.19. The number of carbonyl (C=O) groups is 1. The van der Waals surface area contributed by atoms with Crippen molar-refractivity contribution in [1.29, 1.82) is 0 Å². The first-order valence-electron chi connectivity index (χ1n) is 8.18. The molecule has 1 aliphatic rings. The molecule has 1 aromatic carbocycles. The highest BCUT2D eigenvalue weighted by Crippen LogP contribution is 2.24. The molecule has 1 unspecified atom stereocenters. The Kier molecular flexibility index (Phi) is 5.14. The van der Waals surface area contributed by atoms with Gasteiger partial charge in [0.05, 0.1) is 5.69 Å². The molecule has 126 valence electrons. The van der Waals surface area contributed by atoms with Gasteiger partial charge in [0, 0.05) is 23.8 Å². The Balaban J connectivity index is 1.76. The normalized spacial score (nSPS) is 17.6. The van der Waals surface area contributed by atoms with Crippen LogP contribution in [0, 0.1) is 12.8 Å². The molecule has 1 aromatic heterocycles. The van der Waals surface area contributed by atoms with Gasteiger partial charge in [-0.2, -0.15) is 0 Å². The Hall–Kier alpha value is -1.95. The zero-order valence-corrected chi connectivity index (χ0v) is 15.5. The number of benzene rings is 1. The fraction of sp³-hybridized carbons (Fsp3) is 0.389. The van der Waals surface area contributed by atoms with Gasteiger partial charge in [-0.05, 0) is 65.4 Å². The molecule has 0 bridgehead atoms. The van der Waals surface area contributed by atoms with Crippen LogP contribution in [0.3, 0.4) is 0 Å². The predicted octanol–water partition coefficient (Wildman–Crippen LogP) is 4.04. The molecular weight excluding hydrogens is 368 g/mol. The van der Waals surface area contributed by atoms with Gasteiger partial charge in [-0.15, -0.1) is 0 Å². The summed E-state index contributed by atoms with van der Waals surface area (Å²) in [6.07, 6.45) is 4.02. The van der Waals surface area contributed by atoms with Gasteiger partial charge in [-0.3, -0.25) is 4.79 Å². The lowest BCUT2D eigenvalue weighted by Gasteiger charge is -2.30. The monoisotopic (exact) mass is 388 g/mol. The number of rotatable bonds is 3. The van der Waals surface area contributed by atoms with Crippen LogP contribution in [0.15, 0.2) is 34.9 Å². The first-order chi connectivity index (χ1) is 11.5. The fourth-order valence-electron chi connectivity index (χ4n) is 2.91. The van der Waals surface area contributed by atoms with Crippen LogP contribution < -0.4 is 10.2 Å². The van der Waals surface area contributed by atoms with E-state index in [1.54, 1.807) is 12.3 Å². The van der Waals surface area contributed by atoms with Gasteiger partial charge < -0.3 is 10.2 Å². The molecule has 0 aliphatic carbocycles. The average Bonchev–Trinajstić information content (AvgIpc) is 2.57. The van der Waals surface area contributed by atoms with E-state index in [0.29, 0.717) is 17.6 Å². The maximum Gasteiger partial charge on any atom is 0.274 e. The summed E-state index contributed by atoms with van der Waals surface area (Å²) in [6, 6.07) is 7.46. The standard InChI is InChI=1S/C18H21BrN4O/c1-12-5-6-15(14(19)10-12)21-17(24)16-7-8-20-18(22-16)23-9-3-4-13(2)11-23/h5-8,10,13H,3-4,9,11H2,1-2H3,(H,21,24). The predicted molar refractivity (Wildman–Crippen MR) is 99.5 cm³/mol. The number of hydrogen-bond acceptors (Lipinski definition) is 4. The molecule has 5 nitrogen and oxygen atoms in total. The molecule has 1 atom stereocenters. The number of nitrogens with one attached hydrogen (secondary N) is 1. The minimum Gasteiger partial charge on any atom is -0.341 e. The van der Waals surface area contributed by atoms with Gasteiger partial charge in [0.2, 0.25) is 5.95 Å². The van der Waals surface area contributed by atoms with Crippen molar-refractivity contribution in [2.45, 2.75) is 26.7 Å². The highest BCUT2D eigenvalue weighted by molar-refractivity contribution is 9.10. The zero-order valence-electron chi connectivity index (χ0n) is 13.9. The third kappa shape index (κ3) is 3.93. The van der Waals surface area contributed by atoms with E-state index in [9.17, 15) is 4.79 Å². The highest BCUT2D eigenvalue weighted by atomic mass is 79.9. The highest BCUT2D eigenvalue weighted by Gasteiger charge is 2.20. The van der Waals surface area contributed by atoms with Gasteiger partial charge in [0.15, 0.2) is 0 Å². The van der Waals surface area contributed by atoms with E-state index in [1.165, 1.54) is 6.42 Å². The van der Waals surface area contributed by atoms with Gasteiger partial charge in [0.1, 0.15) is 5.69 Å². The van der Waals surface area contributed by atoms with E-state index in [-0.39, 0.29) is 5.91 Å². The van der Waals surface area contributed by atoms with E-state index in [2.05, 4.69) is 43.0 Å². The summed E-state index contributed by atoms with van der Waals surface area (Å²) in [5.74, 6) is 1.04. The molecule has 2 aromatic rings. The minimum atomic E-state index is -0.228. The first-order valence-corrected chi connectivity index (χ1v) is 8.98. The van der Waals surface area contributed by atoms with Crippen LogP contribution in [0.25, 0.3) is 0 Å². The maximum atomic E-state index is 12.5. The summed E-state index contributed by atoms with van der Waals surface area (Å²) in [7, 11) is 0. The number of halogens is 1. The average molecular weight is 389 g/mol. The Bertz CT molecular complexity index is 750. The Morgan fingerprint density at radius 2 is 2.21 bits per heavy atom. The second kappa shape index (κ2) is 7.30. The molecule has 3 rings (SSSR count). The first kappa shape index (κ1) is 16.9. The SMILES string of the molecule is Cc1ccc(NC(=O)c2ccnc(N3CCCC(C)C3)n2)c(Br)c1. The number of aryl methyl sites for hydroxylation is 1. The molecule has 1 saturated heterocycles. The van der Waals surface area contributed by atoms with Gasteiger partial charge >= 0.3 is 0 Å². The van der Waals surface area contributed by atoms with Crippen LogP contribution in [-0.4, -0.2) is 29.0 Å². The number of amides is 1. The second-order valence-electron chi connectivity index (χ2n) is 6.37. The van der Waals surface area contributed by atoms with Gasteiger partial charge in [-0.1, -0.05) is 13.0 Å². The quantitative estimate of drug-likeness (QED) is 0.861. The summed E-state index contributed by atoms with van der Waals surface area (Å²) < 4.78 is 0.856. The summed E-state index contributed by atoms with van der Waals surface area (Å²) in [5.41, 5.74) is 2.24. The van der Waals surface area contributed by atoms with Crippen molar-refractivity contribution in [3.63, 3.8) is 0 Å². The van der Waals surface area contributed by atoms with Crippen LogP contribution in [0.5, 0.6) is 0 Å². The molecule has 1 amide bonds. The number of hydrogen-bond donors (Lipinski definition) is 1. The maximum absolute atomic E-state index is 12.5. The van der Waals surface area contributed by atoms with E-state index >= 15 is 0 Å². The van der Waals surface area contributed by atoms with Crippen LogP contribution >= 0.6 is 15.9 Å². The molecule has 0 spiro atoms. The molecule has 1 aliphatic heterocycles. The number of piperidine rings is 1. The van der Waals surface area contributed by atoms with Crippen molar-refractivity contribution in [2.75, 3.05) is 23.3 Å². The molecule has 24 heavy (non-hydrogen) atoms. The van der Waals surface area contributed by atoms with Gasteiger partial charge in [0.25, 0.3) is 5.91 Å². The lowest BCUT2D eigenvalue weighted by molar-refractivity contribution is 0.102. The molecule has 0 radical (unpaired) electrons. The molecule has 1 N–H and O–H groups in total. The van der Waals surface area contributed by atoms with Crippen molar-refractivity contribution < 1.29 is 4.79 Å². The smallest absolute Gasteiger partial charge is 0.274 e. The molecule has 1 fully saturated rings. The second-order valence-corrected chi connectivity index (χ2v) is 7.23. The van der Waals surface area contributed by atoms with Crippen molar-refractivity contribution in [2.24, 2.45) is 5.92 Å². The largest absolute Gasteiger partial charge is 0.341 e. The Morgan fingerprint density at radius 3 is 2.96 bits per heavy atom. The Labute approximate surface area is 150 Å². The van der Waals surface area contributed by atoms with Crippen LogP contribution in [0.4, 0.5) is 11.6 Å². The molecule has 0 saturated carbocycles.